The normalized spacial score (nSPS) is 17.0. The smallest absolute Gasteiger partial charge is 0.321 e. The fourth-order valence-electron chi connectivity index (χ4n) is 2.29. The molecule has 2 rings (SSSR count). The fourth-order valence-corrected chi connectivity index (χ4v) is 3.54. The van der Waals surface area contributed by atoms with Crippen molar-refractivity contribution in [2.75, 3.05) is 5.32 Å². The topological polar surface area (TPSA) is 114 Å². The van der Waals surface area contributed by atoms with Crippen molar-refractivity contribution in [3.05, 3.63) is 23.2 Å². The maximum Gasteiger partial charge on any atom is 0.321 e. The van der Waals surface area contributed by atoms with Gasteiger partial charge in [0.1, 0.15) is 0 Å². The molecule has 1 aromatic carbocycles. The van der Waals surface area contributed by atoms with Crippen LogP contribution in [0.25, 0.3) is 0 Å². The van der Waals surface area contributed by atoms with E-state index in [1.54, 1.807) is 39.0 Å². The van der Waals surface area contributed by atoms with E-state index in [9.17, 15) is 19.2 Å². The summed E-state index contributed by atoms with van der Waals surface area (Å²) >= 11 is 7.12. The summed E-state index contributed by atoms with van der Waals surface area (Å²) in [5.74, 6) is -1.82. The van der Waals surface area contributed by atoms with Crippen LogP contribution in [0.15, 0.2) is 23.1 Å². The number of hydrogen-bond acceptors (Lipinski definition) is 6. The summed E-state index contributed by atoms with van der Waals surface area (Å²) in [6, 6.07) is 4.39. The van der Waals surface area contributed by atoms with Crippen molar-refractivity contribution in [2.24, 2.45) is 0 Å². The molecule has 152 valence electrons. The van der Waals surface area contributed by atoms with E-state index in [-0.39, 0.29) is 12.3 Å². The van der Waals surface area contributed by atoms with Crippen LogP contribution in [0.2, 0.25) is 5.02 Å². The van der Waals surface area contributed by atoms with E-state index in [2.05, 4.69) is 16.0 Å². The molecule has 0 saturated carbocycles. The molecular weight excluding hydrogens is 406 g/mol. The number of hydrogen-bond donors (Lipinski definition) is 3. The van der Waals surface area contributed by atoms with Crippen LogP contribution in [0, 0.1) is 0 Å². The Hall–Kier alpha value is -2.26. The average molecular weight is 428 g/mol. The van der Waals surface area contributed by atoms with Crippen molar-refractivity contribution in [1.29, 1.82) is 0 Å². The van der Waals surface area contributed by atoms with Crippen LogP contribution >= 0.6 is 23.4 Å². The Morgan fingerprint density at radius 3 is 2.64 bits per heavy atom. The third-order valence-electron chi connectivity index (χ3n) is 3.52. The third kappa shape index (κ3) is 6.42. The maximum absolute atomic E-state index is 12.2. The molecule has 3 N–H and O–H groups in total. The second-order valence-electron chi connectivity index (χ2n) is 7.27. The lowest BCUT2D eigenvalue weighted by Gasteiger charge is -2.24. The molecule has 8 nitrogen and oxygen atoms in total. The highest BCUT2D eigenvalue weighted by Crippen LogP contribution is 2.38. The monoisotopic (exact) mass is 427 g/mol. The van der Waals surface area contributed by atoms with Crippen LogP contribution in [-0.2, 0) is 19.1 Å². The highest BCUT2D eigenvalue weighted by molar-refractivity contribution is 8.01. The summed E-state index contributed by atoms with van der Waals surface area (Å²) < 4.78 is 5.06. The standard InChI is InChI=1S/C18H22ClN3O5S/c1-9(15(24)21-17(26)22-18(2,3)4)27-14(23)8-13-16(25)20-11-7-10(19)5-6-12(11)28-13/h5-7,9,13H,8H2,1-4H3,(H,20,25)(H2,21,22,24,26). The summed E-state index contributed by atoms with van der Waals surface area (Å²) in [7, 11) is 0. The molecule has 0 aliphatic carbocycles. The Morgan fingerprint density at radius 1 is 1.32 bits per heavy atom. The van der Waals surface area contributed by atoms with Gasteiger partial charge in [-0.25, -0.2) is 4.79 Å². The molecule has 0 fully saturated rings. The van der Waals surface area contributed by atoms with Gasteiger partial charge < -0.3 is 15.4 Å². The number of thioether (sulfide) groups is 1. The molecule has 2 unspecified atom stereocenters. The average Bonchev–Trinajstić information content (AvgIpc) is 2.53. The predicted octanol–water partition coefficient (Wildman–Crippen LogP) is 2.70. The van der Waals surface area contributed by atoms with E-state index in [4.69, 9.17) is 16.3 Å². The Balaban J connectivity index is 1.87. The maximum atomic E-state index is 12.2. The predicted molar refractivity (Wildman–Crippen MR) is 106 cm³/mol. The van der Waals surface area contributed by atoms with Crippen LogP contribution in [0.5, 0.6) is 0 Å². The first kappa shape index (κ1) is 22.0. The van der Waals surface area contributed by atoms with Gasteiger partial charge in [0, 0.05) is 15.5 Å². The number of imide groups is 1. The van der Waals surface area contributed by atoms with E-state index in [0.29, 0.717) is 10.7 Å². The van der Waals surface area contributed by atoms with Crippen molar-refractivity contribution >= 4 is 52.9 Å². The molecule has 0 aromatic heterocycles. The first-order valence-corrected chi connectivity index (χ1v) is 9.80. The van der Waals surface area contributed by atoms with E-state index in [1.807, 2.05) is 0 Å². The SMILES string of the molecule is CC(OC(=O)CC1Sc2ccc(Cl)cc2NC1=O)C(=O)NC(=O)NC(C)(C)C. The van der Waals surface area contributed by atoms with Gasteiger partial charge in [0.2, 0.25) is 5.91 Å². The number of amides is 4. The number of nitrogens with one attached hydrogen (secondary N) is 3. The number of carbonyl (C=O) groups excluding carboxylic acids is 4. The lowest BCUT2D eigenvalue weighted by atomic mass is 10.1. The Bertz CT molecular complexity index is 809. The number of benzene rings is 1. The second-order valence-corrected chi connectivity index (χ2v) is 8.95. The molecule has 0 saturated heterocycles. The lowest BCUT2D eigenvalue weighted by Crippen LogP contribution is -2.50. The second kappa shape index (κ2) is 8.83. The van der Waals surface area contributed by atoms with Gasteiger partial charge in [-0.15, -0.1) is 11.8 Å². The number of esters is 1. The van der Waals surface area contributed by atoms with Crippen molar-refractivity contribution < 1.29 is 23.9 Å². The molecule has 0 spiro atoms. The van der Waals surface area contributed by atoms with Gasteiger partial charge in [-0.05, 0) is 45.9 Å². The van der Waals surface area contributed by atoms with Crippen molar-refractivity contribution in [2.45, 2.75) is 55.9 Å². The van der Waals surface area contributed by atoms with Gasteiger partial charge >= 0.3 is 12.0 Å². The molecule has 0 radical (unpaired) electrons. The van der Waals surface area contributed by atoms with Gasteiger partial charge in [0.05, 0.1) is 17.4 Å². The third-order valence-corrected chi connectivity index (χ3v) is 5.03. The van der Waals surface area contributed by atoms with Crippen LogP contribution in [0.3, 0.4) is 0 Å². The van der Waals surface area contributed by atoms with Crippen LogP contribution < -0.4 is 16.0 Å². The quantitative estimate of drug-likeness (QED) is 0.636. The zero-order valence-electron chi connectivity index (χ0n) is 15.9. The zero-order valence-corrected chi connectivity index (χ0v) is 17.5. The summed E-state index contributed by atoms with van der Waals surface area (Å²) in [5, 5.41) is 7.17. The molecule has 4 amide bonds. The minimum atomic E-state index is -1.18. The van der Waals surface area contributed by atoms with Gasteiger partial charge in [-0.3, -0.25) is 19.7 Å². The van der Waals surface area contributed by atoms with E-state index in [0.717, 1.165) is 4.90 Å². The molecule has 1 aliphatic heterocycles. The molecule has 0 bridgehead atoms. The zero-order chi connectivity index (χ0) is 21.1. The summed E-state index contributed by atoms with van der Waals surface area (Å²) in [6.45, 7) is 6.64. The summed E-state index contributed by atoms with van der Waals surface area (Å²) in [4.78, 5) is 48.8. The van der Waals surface area contributed by atoms with Gasteiger partial charge in [-0.1, -0.05) is 11.6 Å². The summed E-state index contributed by atoms with van der Waals surface area (Å²) in [6.07, 6.45) is -1.40. The van der Waals surface area contributed by atoms with Crippen LogP contribution in [0.1, 0.15) is 34.1 Å². The molecule has 10 heteroatoms. The number of fused-ring (bicyclic) bond motifs is 1. The molecule has 1 heterocycles. The number of anilines is 1. The first-order chi connectivity index (χ1) is 12.9. The Kier molecular flexibility index (Phi) is 6.95. The lowest BCUT2D eigenvalue weighted by molar-refractivity contribution is -0.154. The van der Waals surface area contributed by atoms with Gasteiger partial charge in [0.25, 0.3) is 5.91 Å². The van der Waals surface area contributed by atoms with E-state index >= 15 is 0 Å². The largest absolute Gasteiger partial charge is 0.452 e. The number of ether oxygens (including phenoxy) is 1. The van der Waals surface area contributed by atoms with Crippen LogP contribution in [0.4, 0.5) is 10.5 Å². The van der Waals surface area contributed by atoms with Crippen molar-refractivity contribution in [3.63, 3.8) is 0 Å². The van der Waals surface area contributed by atoms with Crippen LogP contribution in [-0.4, -0.2) is 40.7 Å². The Morgan fingerprint density at radius 2 is 2.00 bits per heavy atom. The highest BCUT2D eigenvalue weighted by atomic mass is 35.5. The molecule has 2 atom stereocenters. The van der Waals surface area contributed by atoms with Crippen molar-refractivity contribution in [1.82, 2.24) is 10.6 Å². The minimum Gasteiger partial charge on any atom is -0.452 e. The number of rotatable bonds is 4. The molecule has 1 aliphatic rings. The first-order valence-electron chi connectivity index (χ1n) is 8.54. The molecule has 1 aromatic rings. The minimum absolute atomic E-state index is 0.218. The summed E-state index contributed by atoms with van der Waals surface area (Å²) in [5.41, 5.74) is 0.0702. The van der Waals surface area contributed by atoms with E-state index in [1.165, 1.54) is 18.7 Å². The van der Waals surface area contributed by atoms with Crippen molar-refractivity contribution in [3.8, 4) is 0 Å². The number of halogens is 1. The molecular formula is C18H22ClN3O5S. The fraction of sp³-hybridized carbons (Fsp3) is 0.444. The van der Waals surface area contributed by atoms with Gasteiger partial charge in [-0.2, -0.15) is 0 Å². The number of carbonyl (C=O) groups is 4. The van der Waals surface area contributed by atoms with Gasteiger partial charge in [0.15, 0.2) is 6.10 Å². The Labute approximate surface area is 172 Å². The molecule has 28 heavy (non-hydrogen) atoms. The van der Waals surface area contributed by atoms with E-state index < -0.39 is 34.8 Å². The highest BCUT2D eigenvalue weighted by Gasteiger charge is 2.31. The number of urea groups is 1.